The molecule has 0 radical (unpaired) electrons. The van der Waals surface area contributed by atoms with Gasteiger partial charge in [-0.1, -0.05) is 115 Å². The van der Waals surface area contributed by atoms with E-state index < -0.39 is 0 Å². The molecule has 0 aliphatic heterocycles. The molecule has 0 aliphatic carbocycles. The minimum Gasteiger partial charge on any atom is -0.309 e. The van der Waals surface area contributed by atoms with E-state index >= 15 is 0 Å². The molecule has 0 unspecified atom stereocenters. The quantitative estimate of drug-likeness (QED) is 0.187. The second kappa shape index (κ2) is 10.9. The van der Waals surface area contributed by atoms with Crippen molar-refractivity contribution in [1.82, 2.24) is 24.1 Å². The van der Waals surface area contributed by atoms with Gasteiger partial charge in [-0.15, -0.1) is 11.3 Å². The molecule has 0 saturated heterocycles. The first-order chi connectivity index (χ1) is 25.3. The molecule has 0 fully saturated rings. The number of nitrogens with zero attached hydrogens (tertiary/aromatic N) is 5. The zero-order valence-corrected chi connectivity index (χ0v) is 28.0. The van der Waals surface area contributed by atoms with Gasteiger partial charge in [0.1, 0.15) is 0 Å². The van der Waals surface area contributed by atoms with Crippen molar-refractivity contribution < 1.29 is 0 Å². The zero-order valence-electron chi connectivity index (χ0n) is 27.2. The fourth-order valence-corrected chi connectivity index (χ4v) is 8.93. The van der Waals surface area contributed by atoms with Crippen molar-refractivity contribution in [1.29, 1.82) is 0 Å². The van der Waals surface area contributed by atoms with E-state index in [1.54, 1.807) is 11.3 Å². The van der Waals surface area contributed by atoms with Crippen LogP contribution in [0.4, 0.5) is 0 Å². The number of rotatable bonds is 4. The summed E-state index contributed by atoms with van der Waals surface area (Å²) in [6.45, 7) is 0. The molecule has 0 saturated carbocycles. The number of para-hydroxylation sites is 4. The number of hydrogen-bond donors (Lipinski definition) is 0. The summed E-state index contributed by atoms with van der Waals surface area (Å²) in [5, 5.41) is 7.16. The maximum absolute atomic E-state index is 5.30. The van der Waals surface area contributed by atoms with Crippen molar-refractivity contribution in [3.8, 4) is 34.4 Å². The lowest BCUT2D eigenvalue weighted by atomic mass is 10.1. The van der Waals surface area contributed by atoms with Gasteiger partial charge in [0.05, 0.1) is 22.1 Å². The van der Waals surface area contributed by atoms with Gasteiger partial charge in [0, 0.05) is 58.5 Å². The maximum Gasteiger partial charge on any atom is 0.238 e. The Hall–Kier alpha value is -6.63. The Labute approximate surface area is 296 Å². The minimum atomic E-state index is 0.589. The van der Waals surface area contributed by atoms with Crippen molar-refractivity contribution in [2.45, 2.75) is 0 Å². The van der Waals surface area contributed by atoms with Crippen LogP contribution in [0.1, 0.15) is 0 Å². The van der Waals surface area contributed by atoms with Crippen LogP contribution >= 0.6 is 11.3 Å². The molecule has 0 atom stereocenters. The highest BCUT2D eigenvalue weighted by Gasteiger charge is 2.20. The van der Waals surface area contributed by atoms with Gasteiger partial charge >= 0.3 is 0 Å². The predicted molar refractivity (Wildman–Crippen MR) is 212 cm³/mol. The number of hydrogen-bond acceptors (Lipinski definition) is 4. The normalized spacial score (nSPS) is 11.9. The topological polar surface area (TPSA) is 48.5 Å². The summed E-state index contributed by atoms with van der Waals surface area (Å²) in [5.74, 6) is 1.86. The van der Waals surface area contributed by atoms with Crippen LogP contribution in [-0.2, 0) is 0 Å². The van der Waals surface area contributed by atoms with E-state index in [1.807, 2.05) is 0 Å². The minimum absolute atomic E-state index is 0.589. The van der Waals surface area contributed by atoms with Gasteiger partial charge in [0.15, 0.2) is 11.6 Å². The van der Waals surface area contributed by atoms with E-state index in [2.05, 4.69) is 173 Å². The van der Waals surface area contributed by atoms with Gasteiger partial charge in [-0.2, -0.15) is 9.97 Å². The van der Waals surface area contributed by atoms with Crippen LogP contribution in [0.15, 0.2) is 164 Å². The lowest BCUT2D eigenvalue weighted by Crippen LogP contribution is -2.06. The number of thiophene rings is 1. The number of benzene rings is 7. The number of aromatic nitrogens is 5. The molecule has 0 aliphatic rings. The summed E-state index contributed by atoms with van der Waals surface area (Å²) >= 11 is 1.80. The second-order valence-electron chi connectivity index (χ2n) is 12.8. The SMILES string of the molecule is c1cc(-c2nc(-c3cccc4sc5ccccc5c34)nc(-n3c4ccccc4c4ccccc43)n2)cc(-n2c3ccccc3c3ccccc32)c1. The van der Waals surface area contributed by atoms with Crippen molar-refractivity contribution in [2.75, 3.05) is 0 Å². The second-order valence-corrected chi connectivity index (χ2v) is 13.9. The highest BCUT2D eigenvalue weighted by molar-refractivity contribution is 7.25. The average molecular weight is 670 g/mol. The standard InChI is InChI=1S/C45H27N5S/c1-6-21-36-30(15-1)31-16-2-7-22-37(31)49(36)29-14-11-13-28(27-29)43-46-44(35-20-12-26-41-42(35)34-19-5-10-25-40(34)51-41)48-45(47-43)50-38-23-8-3-17-32(38)33-18-4-9-24-39(33)50/h1-27H. The van der Waals surface area contributed by atoms with E-state index in [9.17, 15) is 0 Å². The smallest absolute Gasteiger partial charge is 0.238 e. The van der Waals surface area contributed by atoms with Gasteiger partial charge in [-0.25, -0.2) is 4.98 Å². The molecule has 7 aromatic carbocycles. The Morgan fingerprint density at radius 1 is 0.392 bits per heavy atom. The van der Waals surface area contributed by atoms with Crippen LogP contribution in [0.3, 0.4) is 0 Å². The van der Waals surface area contributed by atoms with Gasteiger partial charge in [-0.05, 0) is 48.5 Å². The molecule has 4 aromatic heterocycles. The van der Waals surface area contributed by atoms with E-state index in [4.69, 9.17) is 15.0 Å². The maximum atomic E-state index is 5.30. The molecule has 4 heterocycles. The average Bonchev–Trinajstić information content (AvgIpc) is 3.86. The van der Waals surface area contributed by atoms with Crippen molar-refractivity contribution in [3.05, 3.63) is 164 Å². The van der Waals surface area contributed by atoms with Crippen molar-refractivity contribution in [2.24, 2.45) is 0 Å². The summed E-state index contributed by atoms with van der Waals surface area (Å²) < 4.78 is 6.97. The van der Waals surface area contributed by atoms with Gasteiger partial charge in [-0.3, -0.25) is 4.57 Å². The third-order valence-electron chi connectivity index (χ3n) is 9.99. The zero-order chi connectivity index (χ0) is 33.5. The fourth-order valence-electron chi connectivity index (χ4n) is 7.80. The van der Waals surface area contributed by atoms with E-state index in [-0.39, 0.29) is 0 Å². The van der Waals surface area contributed by atoms with Crippen LogP contribution in [0.25, 0.3) is 98.2 Å². The van der Waals surface area contributed by atoms with Crippen LogP contribution in [-0.4, -0.2) is 24.1 Å². The van der Waals surface area contributed by atoms with Crippen LogP contribution in [0, 0.1) is 0 Å². The Kier molecular flexibility index (Phi) is 6.05. The molecule has 0 N–H and O–H groups in total. The Morgan fingerprint density at radius 3 is 1.55 bits per heavy atom. The third-order valence-corrected chi connectivity index (χ3v) is 11.1. The van der Waals surface area contributed by atoms with Gasteiger partial charge in [0.2, 0.25) is 5.95 Å². The van der Waals surface area contributed by atoms with Crippen molar-refractivity contribution >= 4 is 75.1 Å². The number of fused-ring (bicyclic) bond motifs is 9. The van der Waals surface area contributed by atoms with Gasteiger partial charge in [0.25, 0.3) is 0 Å². The molecule has 11 aromatic rings. The Morgan fingerprint density at radius 2 is 0.902 bits per heavy atom. The Balaban J connectivity index is 1.20. The molecule has 0 spiro atoms. The molecule has 6 heteroatoms. The van der Waals surface area contributed by atoms with Gasteiger partial charge < -0.3 is 4.57 Å². The summed E-state index contributed by atoms with van der Waals surface area (Å²) in [4.78, 5) is 15.9. The first-order valence-corrected chi connectivity index (χ1v) is 17.9. The monoisotopic (exact) mass is 669 g/mol. The molecular formula is C45H27N5S. The highest BCUT2D eigenvalue weighted by Crippen LogP contribution is 2.40. The summed E-state index contributed by atoms with van der Waals surface area (Å²) in [7, 11) is 0. The summed E-state index contributed by atoms with van der Waals surface area (Å²) in [5.41, 5.74) is 7.40. The first-order valence-electron chi connectivity index (χ1n) is 17.0. The first kappa shape index (κ1) is 28.2. The molecule has 0 bridgehead atoms. The molecule has 5 nitrogen and oxygen atoms in total. The largest absolute Gasteiger partial charge is 0.309 e. The van der Waals surface area contributed by atoms with Crippen LogP contribution < -0.4 is 0 Å². The van der Waals surface area contributed by atoms with E-state index in [0.29, 0.717) is 17.6 Å². The lowest BCUT2D eigenvalue weighted by Gasteiger charge is -2.13. The van der Waals surface area contributed by atoms with Crippen LogP contribution in [0.5, 0.6) is 0 Å². The van der Waals surface area contributed by atoms with E-state index in [1.165, 1.54) is 30.9 Å². The molecule has 11 rings (SSSR count). The predicted octanol–water partition coefficient (Wildman–Crippen LogP) is 11.8. The molecule has 0 amide bonds. The Bertz CT molecular complexity index is 3060. The lowest BCUT2D eigenvalue weighted by molar-refractivity contribution is 0.954. The highest BCUT2D eigenvalue weighted by atomic mass is 32.1. The molecular weight excluding hydrogens is 643 g/mol. The molecule has 51 heavy (non-hydrogen) atoms. The molecule has 238 valence electrons. The third kappa shape index (κ3) is 4.24. The fraction of sp³-hybridized carbons (Fsp3) is 0. The summed E-state index contributed by atoms with van der Waals surface area (Å²) in [6.07, 6.45) is 0. The van der Waals surface area contributed by atoms with Crippen LogP contribution in [0.2, 0.25) is 0 Å². The van der Waals surface area contributed by atoms with E-state index in [0.717, 1.165) is 49.7 Å². The van der Waals surface area contributed by atoms with Crippen molar-refractivity contribution in [3.63, 3.8) is 0 Å². The summed E-state index contributed by atoms with van der Waals surface area (Å²) in [6, 6.07) is 57.8.